The summed E-state index contributed by atoms with van der Waals surface area (Å²) in [6, 6.07) is 12.7. The van der Waals surface area contributed by atoms with E-state index in [1.54, 1.807) is 12.1 Å². The number of anilines is 1. The predicted molar refractivity (Wildman–Crippen MR) is 107 cm³/mol. The van der Waals surface area contributed by atoms with Gasteiger partial charge in [-0.3, -0.25) is 0 Å². The van der Waals surface area contributed by atoms with Gasteiger partial charge in [0.05, 0.1) is 5.02 Å². The summed E-state index contributed by atoms with van der Waals surface area (Å²) >= 11 is 6.18. The number of benzene rings is 2. The number of fused-ring (bicyclic) bond motifs is 1. The Bertz CT molecular complexity index is 946. The molecule has 2 aromatic rings. The number of rotatable bonds is 5. The van der Waals surface area contributed by atoms with E-state index in [-0.39, 0.29) is 12.2 Å². The lowest BCUT2D eigenvalue weighted by molar-refractivity contribution is -0.139. The lowest BCUT2D eigenvalue weighted by atomic mass is 10.1. The van der Waals surface area contributed by atoms with Gasteiger partial charge in [0.1, 0.15) is 31.5 Å². The molecule has 0 saturated heterocycles. The maximum absolute atomic E-state index is 12.3. The molecule has 0 N–H and O–H groups in total. The second-order valence-corrected chi connectivity index (χ2v) is 6.74. The first kappa shape index (κ1) is 19.6. The summed E-state index contributed by atoms with van der Waals surface area (Å²) in [6.07, 6.45) is 1.50. The molecule has 2 aromatic carbocycles. The monoisotopic (exact) mass is 398 g/mol. The van der Waals surface area contributed by atoms with E-state index in [9.17, 15) is 10.1 Å². The molecular formula is C21H19ClN2O4. The number of nitriles is 1. The summed E-state index contributed by atoms with van der Waals surface area (Å²) in [4.78, 5) is 14.3. The van der Waals surface area contributed by atoms with E-state index in [1.807, 2.05) is 49.3 Å². The smallest absolute Gasteiger partial charge is 0.349 e. The van der Waals surface area contributed by atoms with E-state index in [0.717, 1.165) is 11.3 Å². The molecule has 0 atom stereocenters. The topological polar surface area (TPSA) is 71.8 Å². The van der Waals surface area contributed by atoms with Crippen LogP contribution in [-0.2, 0) is 16.1 Å². The second-order valence-electron chi connectivity index (χ2n) is 6.33. The van der Waals surface area contributed by atoms with Gasteiger partial charge < -0.3 is 19.1 Å². The zero-order valence-electron chi connectivity index (χ0n) is 15.6. The minimum atomic E-state index is -0.704. The van der Waals surface area contributed by atoms with E-state index < -0.39 is 5.97 Å². The van der Waals surface area contributed by atoms with Crippen LogP contribution in [0.4, 0.5) is 5.69 Å². The van der Waals surface area contributed by atoms with Crippen molar-refractivity contribution in [2.24, 2.45) is 0 Å². The first-order valence-electron chi connectivity index (χ1n) is 8.62. The zero-order chi connectivity index (χ0) is 20.1. The van der Waals surface area contributed by atoms with Crippen molar-refractivity contribution in [1.29, 1.82) is 5.26 Å². The quantitative estimate of drug-likeness (QED) is 0.433. The van der Waals surface area contributed by atoms with Crippen molar-refractivity contribution in [3.63, 3.8) is 0 Å². The van der Waals surface area contributed by atoms with Crippen molar-refractivity contribution < 1.29 is 19.0 Å². The minimum Gasteiger partial charge on any atom is -0.486 e. The first-order valence-corrected chi connectivity index (χ1v) is 9.00. The Hall–Kier alpha value is -3.17. The summed E-state index contributed by atoms with van der Waals surface area (Å²) in [5.41, 5.74) is 2.33. The van der Waals surface area contributed by atoms with E-state index in [2.05, 4.69) is 0 Å². The molecule has 0 saturated carbocycles. The molecule has 0 spiro atoms. The van der Waals surface area contributed by atoms with E-state index in [4.69, 9.17) is 25.8 Å². The normalized spacial score (nSPS) is 12.9. The Balaban J connectivity index is 1.69. The molecule has 28 heavy (non-hydrogen) atoms. The Morgan fingerprint density at radius 2 is 1.96 bits per heavy atom. The van der Waals surface area contributed by atoms with Crippen molar-refractivity contribution in [3.8, 4) is 17.6 Å². The molecule has 7 heteroatoms. The number of carbonyl (C=O) groups is 1. The fourth-order valence-electron chi connectivity index (χ4n) is 2.65. The van der Waals surface area contributed by atoms with Gasteiger partial charge in [-0.25, -0.2) is 4.79 Å². The molecule has 0 aromatic heterocycles. The Labute approximate surface area is 168 Å². The van der Waals surface area contributed by atoms with Crippen molar-refractivity contribution >= 4 is 29.3 Å². The molecule has 0 amide bonds. The Morgan fingerprint density at radius 1 is 1.25 bits per heavy atom. The number of ether oxygens (including phenoxy) is 3. The highest BCUT2D eigenvalue weighted by atomic mass is 35.5. The zero-order valence-corrected chi connectivity index (χ0v) is 16.3. The summed E-state index contributed by atoms with van der Waals surface area (Å²) < 4.78 is 16.2. The molecule has 1 aliphatic rings. The Morgan fingerprint density at radius 3 is 2.64 bits per heavy atom. The highest BCUT2D eigenvalue weighted by Crippen LogP contribution is 2.38. The molecule has 0 aliphatic carbocycles. The van der Waals surface area contributed by atoms with Crippen LogP contribution in [0.5, 0.6) is 11.5 Å². The van der Waals surface area contributed by atoms with Gasteiger partial charge in [0.2, 0.25) is 0 Å². The molecule has 0 bridgehead atoms. The third-order valence-corrected chi connectivity index (χ3v) is 4.37. The third-order valence-electron chi connectivity index (χ3n) is 4.09. The van der Waals surface area contributed by atoms with Gasteiger partial charge in [-0.05, 0) is 41.5 Å². The Kier molecular flexibility index (Phi) is 6.07. The van der Waals surface area contributed by atoms with E-state index in [1.165, 1.54) is 6.08 Å². The maximum Gasteiger partial charge on any atom is 0.349 e. The van der Waals surface area contributed by atoms with Gasteiger partial charge in [-0.2, -0.15) is 5.26 Å². The summed E-state index contributed by atoms with van der Waals surface area (Å²) in [5.74, 6) is 0.300. The van der Waals surface area contributed by atoms with Crippen LogP contribution in [0.25, 0.3) is 6.08 Å². The van der Waals surface area contributed by atoms with Crippen LogP contribution in [0.3, 0.4) is 0 Å². The summed E-state index contributed by atoms with van der Waals surface area (Å²) in [6.45, 7) is 0.835. The fourth-order valence-corrected chi connectivity index (χ4v) is 2.93. The van der Waals surface area contributed by atoms with Gasteiger partial charge in [-0.15, -0.1) is 0 Å². The number of hydrogen-bond acceptors (Lipinski definition) is 6. The minimum absolute atomic E-state index is 0.0339. The SMILES string of the molecule is CN(C)c1ccc(/C=C(\C#N)C(=O)OCc2cc(Cl)c3c(c2)OCCO3)cc1. The lowest BCUT2D eigenvalue weighted by Crippen LogP contribution is -2.16. The van der Waals surface area contributed by atoms with Gasteiger partial charge in [0, 0.05) is 19.8 Å². The molecule has 6 nitrogen and oxygen atoms in total. The van der Waals surface area contributed by atoms with Crippen LogP contribution in [0.2, 0.25) is 5.02 Å². The maximum atomic E-state index is 12.3. The molecule has 0 fully saturated rings. The molecule has 0 unspecified atom stereocenters. The third kappa shape index (κ3) is 4.56. The predicted octanol–water partition coefficient (Wildman–Crippen LogP) is 3.83. The van der Waals surface area contributed by atoms with Gasteiger partial charge in [-0.1, -0.05) is 23.7 Å². The number of esters is 1. The summed E-state index contributed by atoms with van der Waals surface area (Å²) in [7, 11) is 3.88. The van der Waals surface area contributed by atoms with Gasteiger partial charge >= 0.3 is 5.97 Å². The first-order chi connectivity index (χ1) is 13.5. The van der Waals surface area contributed by atoms with Crippen LogP contribution in [0.15, 0.2) is 42.0 Å². The van der Waals surface area contributed by atoms with Gasteiger partial charge in [0.25, 0.3) is 0 Å². The number of halogens is 1. The van der Waals surface area contributed by atoms with Crippen molar-refractivity contribution in [2.75, 3.05) is 32.2 Å². The van der Waals surface area contributed by atoms with Crippen molar-refractivity contribution in [1.82, 2.24) is 0 Å². The molecule has 1 heterocycles. The van der Waals surface area contributed by atoms with Crippen LogP contribution in [0, 0.1) is 11.3 Å². The number of carbonyl (C=O) groups excluding carboxylic acids is 1. The molecular weight excluding hydrogens is 380 g/mol. The highest BCUT2D eigenvalue weighted by molar-refractivity contribution is 6.32. The van der Waals surface area contributed by atoms with Crippen molar-refractivity contribution in [2.45, 2.75) is 6.61 Å². The summed E-state index contributed by atoms with van der Waals surface area (Å²) in [5, 5.41) is 9.70. The fraction of sp³-hybridized carbons (Fsp3) is 0.238. The molecule has 1 aliphatic heterocycles. The van der Waals surface area contributed by atoms with Crippen LogP contribution >= 0.6 is 11.6 Å². The van der Waals surface area contributed by atoms with E-state index >= 15 is 0 Å². The van der Waals surface area contributed by atoms with E-state index in [0.29, 0.717) is 35.3 Å². The molecule has 0 radical (unpaired) electrons. The van der Waals surface area contributed by atoms with Crippen molar-refractivity contribution in [3.05, 3.63) is 58.1 Å². The standard InChI is InChI=1S/C21H19ClN2O4/c1-24(2)17-5-3-14(4-6-17)9-16(12-23)21(25)28-13-15-10-18(22)20-19(11-15)26-7-8-27-20/h3-6,9-11H,7-8,13H2,1-2H3/b16-9+. The average molecular weight is 399 g/mol. The lowest BCUT2D eigenvalue weighted by Gasteiger charge is -2.20. The number of hydrogen-bond donors (Lipinski definition) is 0. The van der Waals surface area contributed by atoms with Crippen LogP contribution in [-0.4, -0.2) is 33.3 Å². The van der Waals surface area contributed by atoms with Crippen LogP contribution in [0.1, 0.15) is 11.1 Å². The second kappa shape index (κ2) is 8.68. The number of nitrogens with zero attached hydrogens (tertiary/aromatic N) is 2. The average Bonchev–Trinajstić information content (AvgIpc) is 2.70. The largest absolute Gasteiger partial charge is 0.486 e. The molecule has 3 rings (SSSR count). The molecule has 144 valence electrons. The van der Waals surface area contributed by atoms with Gasteiger partial charge in [0.15, 0.2) is 11.5 Å². The highest BCUT2D eigenvalue weighted by Gasteiger charge is 2.18. The van der Waals surface area contributed by atoms with Crippen LogP contribution < -0.4 is 14.4 Å².